The van der Waals surface area contributed by atoms with E-state index in [0.29, 0.717) is 0 Å². The molecule has 1 saturated heterocycles. The molecule has 45 heavy (non-hydrogen) atoms. The molecule has 0 spiro atoms. The van der Waals surface area contributed by atoms with E-state index in [1.54, 1.807) is 0 Å². The summed E-state index contributed by atoms with van der Waals surface area (Å²) in [6, 6.07) is -3.07. The Kier molecular flexibility index (Phi) is 9.11. The van der Waals surface area contributed by atoms with Gasteiger partial charge < -0.3 is 36.4 Å². The van der Waals surface area contributed by atoms with E-state index in [1.807, 2.05) is 0 Å². The molecule has 8 N–H and O–H groups in total. The lowest BCUT2D eigenvalue weighted by atomic mass is 9.98. The van der Waals surface area contributed by atoms with Crippen molar-refractivity contribution >= 4 is 56.6 Å². The molecule has 4 heterocycles. The minimum atomic E-state index is -5.12. The number of oxime groups is 1. The average Bonchev–Trinajstić information content (AvgIpc) is 3.39. The van der Waals surface area contributed by atoms with Gasteiger partial charge in [-0.25, -0.2) is 19.1 Å². The van der Waals surface area contributed by atoms with Gasteiger partial charge in [0.25, 0.3) is 17.7 Å². The summed E-state index contributed by atoms with van der Waals surface area (Å²) >= 11 is 1.07. The van der Waals surface area contributed by atoms with Gasteiger partial charge in [-0.05, 0) is 13.8 Å². The number of amidine groups is 1. The highest BCUT2D eigenvalue weighted by Gasteiger charge is 2.54. The number of nitrogens with two attached hydrogens (primary N) is 1. The van der Waals surface area contributed by atoms with Crippen molar-refractivity contribution in [3.05, 3.63) is 40.4 Å². The van der Waals surface area contributed by atoms with Crippen LogP contribution in [0.4, 0.5) is 0 Å². The minimum absolute atomic E-state index is 0.00788. The molecule has 4 rings (SSSR count). The molecule has 2 aliphatic rings. The van der Waals surface area contributed by atoms with Gasteiger partial charge in [0.15, 0.2) is 22.5 Å². The lowest BCUT2D eigenvalue weighted by Gasteiger charge is -2.44. The number of rotatable bonds is 11. The fourth-order valence-electron chi connectivity index (χ4n) is 3.84. The molecule has 2 aliphatic heterocycles. The summed E-state index contributed by atoms with van der Waals surface area (Å²) in [6.45, 7) is 1.74. The predicted molar refractivity (Wildman–Crippen MR) is 154 cm³/mol. The number of aromatic amines is 1. The van der Waals surface area contributed by atoms with Crippen LogP contribution >= 0.6 is 11.8 Å². The molecule has 0 aromatic carbocycles. The van der Waals surface area contributed by atoms with Gasteiger partial charge in [0.1, 0.15) is 12.1 Å². The Bertz CT molecular complexity index is 1770. The molecule has 1 unspecified atom stereocenters. The molecular formula is C23H25N9O11S2. The van der Waals surface area contributed by atoms with Crippen molar-refractivity contribution in [2.45, 2.75) is 37.6 Å². The number of hydrogen-bond acceptors (Lipinski definition) is 15. The van der Waals surface area contributed by atoms with Gasteiger partial charge in [-0.2, -0.15) is 8.42 Å². The Morgan fingerprint density at radius 2 is 1.93 bits per heavy atom. The number of thioether (sulfide) groups is 1. The largest absolute Gasteiger partial charge is 0.503 e. The zero-order chi connectivity index (χ0) is 33.3. The maximum Gasteiger partial charge on any atom is 0.362 e. The number of hydrogen-bond donors (Lipinski definition) is 7. The van der Waals surface area contributed by atoms with Gasteiger partial charge in [-0.15, -0.1) is 0 Å². The molecule has 0 bridgehead atoms. The standard InChI is InChI=1S/C23H25N9O11S2/c1-23(2,21(38)39)43-31-15(11-8-44-22(24)29-11)19(36)30-16-12(32(20(16)37)45(40,41)42)6-28-18(35)9-4-26-17(27-5-9)10-3-13(33)14(34)7-25-10/h3-5,7,11-12,16,34H,6,8H2,1-2H3,(H2,24,29)(H,25,33)(H,28,35)(H,30,36)(H,38,39)(H,40,41,42)/b31-15-/t11?,12-,16+/m1/s1. The van der Waals surface area contributed by atoms with Crippen LogP contribution in [-0.4, -0.2) is 113 Å². The highest BCUT2D eigenvalue weighted by molar-refractivity contribution is 8.14. The molecule has 22 heteroatoms. The van der Waals surface area contributed by atoms with E-state index in [2.05, 4.69) is 35.7 Å². The topological polar surface area (TPSA) is 309 Å². The number of aliphatic carboxylic acids is 1. The fourth-order valence-corrected chi connectivity index (χ4v) is 5.48. The summed E-state index contributed by atoms with van der Waals surface area (Å²) in [4.78, 5) is 81.3. The first kappa shape index (κ1) is 32.8. The summed E-state index contributed by atoms with van der Waals surface area (Å²) in [7, 11) is -5.12. The second-order valence-electron chi connectivity index (χ2n) is 9.91. The van der Waals surface area contributed by atoms with Crippen molar-refractivity contribution < 1.29 is 47.2 Å². The smallest absolute Gasteiger partial charge is 0.362 e. The van der Waals surface area contributed by atoms with Crippen LogP contribution in [0.15, 0.2) is 39.6 Å². The number of β-lactam (4-membered cyclic amide) rings is 1. The Morgan fingerprint density at radius 1 is 1.27 bits per heavy atom. The number of nitrogens with zero attached hydrogens (tertiary/aromatic N) is 5. The SMILES string of the molecule is CC(C)(O/N=C(\C(=O)N[C@@H]1C(=O)N(S(=O)(=O)O)[C@@H]1CNC(=O)c1cnc(-c2cc(=O)c(O)c[nH]2)nc1)C1CSC(N)=N1)C(=O)O. The molecule has 2 aromatic rings. The van der Waals surface area contributed by atoms with Crippen LogP contribution in [0.5, 0.6) is 5.75 Å². The van der Waals surface area contributed by atoms with Crippen molar-refractivity contribution in [2.24, 2.45) is 15.9 Å². The van der Waals surface area contributed by atoms with Crippen LogP contribution in [0.2, 0.25) is 0 Å². The summed E-state index contributed by atoms with van der Waals surface area (Å²) in [6.07, 6.45) is 3.20. The maximum absolute atomic E-state index is 13.2. The second-order valence-corrected chi connectivity index (χ2v) is 12.2. The number of carbonyl (C=O) groups is 4. The van der Waals surface area contributed by atoms with Gasteiger partial charge >= 0.3 is 16.3 Å². The third-order valence-corrected chi connectivity index (χ3v) is 8.16. The summed E-state index contributed by atoms with van der Waals surface area (Å²) in [5.74, 6) is -4.95. The number of aromatic nitrogens is 3. The molecule has 2 aromatic heterocycles. The molecule has 20 nitrogen and oxygen atoms in total. The van der Waals surface area contributed by atoms with Gasteiger partial charge in [0, 0.05) is 37.0 Å². The highest BCUT2D eigenvalue weighted by Crippen LogP contribution is 2.24. The number of nitrogens with one attached hydrogen (secondary N) is 3. The van der Waals surface area contributed by atoms with E-state index in [4.69, 9.17) is 10.6 Å². The third kappa shape index (κ3) is 7.18. The molecule has 1 fully saturated rings. The number of carboxylic acids is 1. The number of pyridine rings is 1. The van der Waals surface area contributed by atoms with E-state index in [9.17, 15) is 47.2 Å². The number of carbonyl (C=O) groups excluding carboxylic acids is 3. The van der Waals surface area contributed by atoms with E-state index in [0.717, 1.165) is 36.4 Å². The molecule has 3 amide bonds. The van der Waals surface area contributed by atoms with Crippen LogP contribution in [0.1, 0.15) is 24.2 Å². The average molecular weight is 668 g/mol. The molecule has 0 radical (unpaired) electrons. The zero-order valence-corrected chi connectivity index (χ0v) is 24.8. The summed E-state index contributed by atoms with van der Waals surface area (Å²) in [5, 5.41) is 27.0. The van der Waals surface area contributed by atoms with E-state index in [-0.39, 0.29) is 32.3 Å². The zero-order valence-electron chi connectivity index (χ0n) is 23.2. The van der Waals surface area contributed by atoms with Gasteiger partial charge in [0.05, 0.1) is 17.3 Å². The lowest BCUT2D eigenvalue weighted by Crippen LogP contribution is -2.74. The summed E-state index contributed by atoms with van der Waals surface area (Å²) in [5.41, 5.74) is 2.67. The second kappa shape index (κ2) is 12.5. The Labute approximate surface area is 257 Å². The van der Waals surface area contributed by atoms with Crippen LogP contribution in [0, 0.1) is 0 Å². The maximum atomic E-state index is 13.2. The molecule has 240 valence electrons. The number of aliphatic imine (C=N–C) groups is 1. The van der Waals surface area contributed by atoms with Crippen molar-refractivity contribution in [2.75, 3.05) is 12.3 Å². The van der Waals surface area contributed by atoms with Gasteiger partial charge in [-0.3, -0.25) is 28.7 Å². The molecule has 3 atom stereocenters. The van der Waals surface area contributed by atoms with Crippen LogP contribution in [0.25, 0.3) is 11.5 Å². The molecule has 0 aliphatic carbocycles. The van der Waals surface area contributed by atoms with E-state index < -0.39 is 81.2 Å². The monoisotopic (exact) mass is 667 g/mol. The Hall–Kier alpha value is -5.09. The van der Waals surface area contributed by atoms with Crippen molar-refractivity contribution in [1.82, 2.24) is 29.9 Å². The third-order valence-electron chi connectivity index (χ3n) is 6.33. The van der Waals surface area contributed by atoms with Crippen LogP contribution in [0.3, 0.4) is 0 Å². The van der Waals surface area contributed by atoms with E-state index >= 15 is 0 Å². The number of H-pyrrole nitrogens is 1. The van der Waals surface area contributed by atoms with Crippen molar-refractivity contribution in [3.8, 4) is 17.3 Å². The highest BCUT2D eigenvalue weighted by atomic mass is 32.2. The Balaban J connectivity index is 1.50. The van der Waals surface area contributed by atoms with Gasteiger partial charge in [-0.1, -0.05) is 16.9 Å². The lowest BCUT2D eigenvalue weighted by molar-refractivity contribution is -0.161. The van der Waals surface area contributed by atoms with Crippen molar-refractivity contribution in [1.29, 1.82) is 0 Å². The Morgan fingerprint density at radius 3 is 2.49 bits per heavy atom. The van der Waals surface area contributed by atoms with Gasteiger partial charge in [0.2, 0.25) is 11.0 Å². The molecular weight excluding hydrogens is 642 g/mol. The number of carboxylic acid groups (broad SMARTS) is 1. The number of amides is 3. The first-order chi connectivity index (χ1) is 21.0. The first-order valence-corrected chi connectivity index (χ1v) is 15.0. The quantitative estimate of drug-likeness (QED) is 0.0561. The predicted octanol–water partition coefficient (Wildman–Crippen LogP) is -2.57. The minimum Gasteiger partial charge on any atom is -0.503 e. The van der Waals surface area contributed by atoms with Crippen molar-refractivity contribution in [3.63, 3.8) is 0 Å². The number of aromatic hydroxyl groups is 1. The fraction of sp³-hybridized carbons (Fsp3) is 0.348. The summed E-state index contributed by atoms with van der Waals surface area (Å²) < 4.78 is 33.4. The molecule has 0 saturated carbocycles. The van der Waals surface area contributed by atoms with Crippen LogP contribution in [-0.2, 0) is 29.5 Å². The van der Waals surface area contributed by atoms with E-state index in [1.165, 1.54) is 13.8 Å². The van der Waals surface area contributed by atoms with Crippen LogP contribution < -0.4 is 21.8 Å². The first-order valence-electron chi connectivity index (χ1n) is 12.6. The normalized spacial score (nSPS) is 20.2.